The van der Waals surface area contributed by atoms with Crippen LogP contribution in [0, 0.1) is 30.1 Å². The molecule has 1 aliphatic carbocycles. The minimum absolute atomic E-state index is 0.0201. The van der Waals surface area contributed by atoms with Gasteiger partial charge in [-0.1, -0.05) is 25.4 Å². The van der Waals surface area contributed by atoms with Gasteiger partial charge in [0.2, 0.25) is 0 Å². The number of hydrogen-bond acceptors (Lipinski definition) is 3. The standard InChI is InChI=1S/C21H23ClF3NO4/c1-5-18(27)26(15-6-7-17(16(22)11-15)30-21(23,24)25)20(4,19(28)29)14-9-12(2)8-13(3)10-14/h1,6-7,11-14H,8-10H2,2-4H3,(H,28,29). The van der Waals surface area contributed by atoms with Gasteiger partial charge in [-0.15, -0.1) is 19.6 Å². The molecule has 30 heavy (non-hydrogen) atoms. The molecule has 9 heteroatoms. The first-order chi connectivity index (χ1) is 13.8. The first kappa shape index (κ1) is 23.9. The number of amides is 1. The van der Waals surface area contributed by atoms with E-state index in [9.17, 15) is 27.9 Å². The summed E-state index contributed by atoms with van der Waals surface area (Å²) in [5.74, 6) is -0.862. The average Bonchev–Trinajstić information content (AvgIpc) is 2.61. The molecule has 3 atom stereocenters. The molecule has 164 valence electrons. The van der Waals surface area contributed by atoms with E-state index in [0.29, 0.717) is 12.8 Å². The fourth-order valence-electron chi connectivity index (χ4n) is 4.36. The van der Waals surface area contributed by atoms with Gasteiger partial charge in [-0.05, 0) is 68.1 Å². The molecule has 0 saturated heterocycles. The van der Waals surface area contributed by atoms with Gasteiger partial charge in [-0.25, -0.2) is 4.79 Å². The molecule has 0 aliphatic heterocycles. The van der Waals surface area contributed by atoms with E-state index < -0.39 is 40.5 Å². The first-order valence-electron chi connectivity index (χ1n) is 9.39. The Bertz CT molecular complexity index is 857. The minimum Gasteiger partial charge on any atom is -0.479 e. The largest absolute Gasteiger partial charge is 0.573 e. The number of carbonyl (C=O) groups excluding carboxylic acids is 1. The van der Waals surface area contributed by atoms with E-state index in [2.05, 4.69) is 4.74 Å². The highest BCUT2D eigenvalue weighted by atomic mass is 35.5. The summed E-state index contributed by atoms with van der Waals surface area (Å²) in [6, 6.07) is 3.12. The van der Waals surface area contributed by atoms with Gasteiger partial charge in [0.25, 0.3) is 0 Å². The fourth-order valence-corrected chi connectivity index (χ4v) is 4.57. The number of nitrogens with zero attached hydrogens (tertiary/aromatic N) is 1. The molecular weight excluding hydrogens is 423 g/mol. The molecule has 0 spiro atoms. The maximum atomic E-state index is 12.7. The summed E-state index contributed by atoms with van der Waals surface area (Å²) >= 11 is 5.93. The maximum absolute atomic E-state index is 12.7. The molecule has 1 aromatic carbocycles. The number of hydrogen-bond donors (Lipinski definition) is 1. The SMILES string of the molecule is C#CC(=O)N(c1ccc(OC(F)(F)F)c(Cl)c1)C(C)(C(=O)O)C1CC(C)CC(C)C1. The van der Waals surface area contributed by atoms with Gasteiger partial charge in [-0.2, -0.15) is 0 Å². The zero-order chi connectivity index (χ0) is 22.9. The number of ether oxygens (including phenoxy) is 1. The Balaban J connectivity index is 2.57. The monoisotopic (exact) mass is 445 g/mol. The predicted octanol–water partition coefficient (Wildman–Crippen LogP) is 5.12. The van der Waals surface area contributed by atoms with Crippen LogP contribution in [0.2, 0.25) is 5.02 Å². The van der Waals surface area contributed by atoms with Crippen molar-refractivity contribution >= 4 is 29.2 Å². The van der Waals surface area contributed by atoms with Crippen LogP contribution in [0.25, 0.3) is 0 Å². The van der Waals surface area contributed by atoms with Gasteiger partial charge in [0.05, 0.1) is 5.02 Å². The van der Waals surface area contributed by atoms with Crippen molar-refractivity contribution in [2.45, 2.75) is 51.9 Å². The Hall–Kier alpha value is -2.40. The van der Waals surface area contributed by atoms with Crippen molar-refractivity contribution in [2.24, 2.45) is 17.8 Å². The van der Waals surface area contributed by atoms with Crippen LogP contribution < -0.4 is 9.64 Å². The van der Waals surface area contributed by atoms with E-state index in [1.807, 2.05) is 19.8 Å². The molecule has 0 radical (unpaired) electrons. The number of carboxylic acid groups (broad SMARTS) is 1. The number of halogens is 4. The summed E-state index contributed by atoms with van der Waals surface area (Å²) in [6.07, 6.45) is 2.40. The van der Waals surface area contributed by atoms with Crippen molar-refractivity contribution in [1.29, 1.82) is 0 Å². The lowest BCUT2D eigenvalue weighted by molar-refractivity contribution is -0.274. The number of terminal acetylenes is 1. The molecule has 1 amide bonds. The van der Waals surface area contributed by atoms with Crippen LogP contribution in [-0.4, -0.2) is 28.9 Å². The third-order valence-corrected chi connectivity index (χ3v) is 5.89. The van der Waals surface area contributed by atoms with Crippen LogP contribution in [0.4, 0.5) is 18.9 Å². The number of aliphatic carboxylic acids is 1. The number of alkyl halides is 3. The summed E-state index contributed by atoms with van der Waals surface area (Å²) in [4.78, 5) is 26.0. The minimum atomic E-state index is -4.95. The zero-order valence-corrected chi connectivity index (χ0v) is 17.5. The smallest absolute Gasteiger partial charge is 0.479 e. The summed E-state index contributed by atoms with van der Waals surface area (Å²) < 4.78 is 41.4. The van der Waals surface area contributed by atoms with E-state index >= 15 is 0 Å². The number of rotatable bonds is 5. The molecule has 0 aromatic heterocycles. The fraction of sp³-hybridized carbons (Fsp3) is 0.524. The molecular formula is C21H23ClF3NO4. The normalized spacial score (nSPS) is 23.7. The van der Waals surface area contributed by atoms with Crippen LogP contribution in [-0.2, 0) is 9.59 Å². The van der Waals surface area contributed by atoms with Gasteiger partial charge in [0.1, 0.15) is 11.3 Å². The second-order valence-electron chi connectivity index (χ2n) is 8.01. The van der Waals surface area contributed by atoms with E-state index in [1.165, 1.54) is 6.92 Å². The summed E-state index contributed by atoms with van der Waals surface area (Å²) in [6.45, 7) is 5.44. The lowest BCUT2D eigenvalue weighted by atomic mass is 9.68. The van der Waals surface area contributed by atoms with Crippen molar-refractivity contribution < 1.29 is 32.6 Å². The van der Waals surface area contributed by atoms with Gasteiger partial charge in [0, 0.05) is 5.69 Å². The topological polar surface area (TPSA) is 66.8 Å². The Morgan fingerprint density at radius 2 is 1.80 bits per heavy atom. The Kier molecular flexibility index (Phi) is 6.97. The summed E-state index contributed by atoms with van der Waals surface area (Å²) in [5.41, 5.74) is -1.74. The second kappa shape index (κ2) is 8.76. The van der Waals surface area contributed by atoms with Crippen molar-refractivity contribution in [3.8, 4) is 18.1 Å². The van der Waals surface area contributed by atoms with E-state index in [-0.39, 0.29) is 17.5 Å². The average molecular weight is 446 g/mol. The van der Waals surface area contributed by atoms with Crippen LogP contribution >= 0.6 is 11.6 Å². The highest BCUT2D eigenvalue weighted by Gasteiger charge is 2.51. The summed E-state index contributed by atoms with van der Waals surface area (Å²) in [5, 5.41) is 9.71. The second-order valence-corrected chi connectivity index (χ2v) is 8.42. The molecule has 5 nitrogen and oxygen atoms in total. The molecule has 1 saturated carbocycles. The highest BCUT2D eigenvalue weighted by Crippen LogP contribution is 2.44. The number of carboxylic acids is 1. The zero-order valence-electron chi connectivity index (χ0n) is 16.8. The molecule has 3 unspecified atom stereocenters. The lowest BCUT2D eigenvalue weighted by Crippen LogP contribution is -2.61. The van der Waals surface area contributed by atoms with Crippen LogP contribution in [0.3, 0.4) is 0 Å². The third kappa shape index (κ3) is 5.01. The van der Waals surface area contributed by atoms with Crippen molar-refractivity contribution in [1.82, 2.24) is 0 Å². The molecule has 1 N–H and O–H groups in total. The van der Waals surface area contributed by atoms with Gasteiger partial charge in [-0.3, -0.25) is 9.69 Å². The molecule has 2 rings (SSSR count). The predicted molar refractivity (Wildman–Crippen MR) is 106 cm³/mol. The maximum Gasteiger partial charge on any atom is 0.573 e. The Labute approximate surface area is 178 Å². The van der Waals surface area contributed by atoms with Gasteiger partial charge in [0.15, 0.2) is 0 Å². The Morgan fingerprint density at radius 1 is 1.23 bits per heavy atom. The van der Waals surface area contributed by atoms with E-state index in [1.54, 1.807) is 0 Å². The number of anilines is 1. The van der Waals surface area contributed by atoms with Crippen molar-refractivity contribution in [3.05, 3.63) is 23.2 Å². The molecule has 1 aromatic rings. The summed E-state index contributed by atoms with van der Waals surface area (Å²) in [7, 11) is 0. The molecule has 0 bridgehead atoms. The van der Waals surface area contributed by atoms with Gasteiger partial charge < -0.3 is 9.84 Å². The molecule has 1 aliphatic rings. The number of carbonyl (C=O) groups is 2. The van der Waals surface area contributed by atoms with Crippen molar-refractivity contribution in [3.63, 3.8) is 0 Å². The third-order valence-electron chi connectivity index (χ3n) is 5.60. The lowest BCUT2D eigenvalue weighted by Gasteiger charge is -2.46. The van der Waals surface area contributed by atoms with Crippen molar-refractivity contribution in [2.75, 3.05) is 4.90 Å². The van der Waals surface area contributed by atoms with Crippen LogP contribution in [0.15, 0.2) is 18.2 Å². The Morgan fingerprint density at radius 3 is 2.23 bits per heavy atom. The number of benzene rings is 1. The molecule has 0 heterocycles. The van der Waals surface area contributed by atoms with Gasteiger partial charge >= 0.3 is 18.2 Å². The van der Waals surface area contributed by atoms with E-state index in [0.717, 1.165) is 29.5 Å². The first-order valence-corrected chi connectivity index (χ1v) is 9.76. The van der Waals surface area contributed by atoms with E-state index in [4.69, 9.17) is 18.0 Å². The highest BCUT2D eigenvalue weighted by molar-refractivity contribution is 6.32. The quantitative estimate of drug-likeness (QED) is 0.639. The van der Waals surface area contributed by atoms with Crippen LogP contribution in [0.5, 0.6) is 5.75 Å². The van der Waals surface area contributed by atoms with Crippen LogP contribution in [0.1, 0.15) is 40.0 Å². The molecule has 1 fully saturated rings.